The van der Waals surface area contributed by atoms with Crippen LogP contribution in [0.3, 0.4) is 0 Å². The summed E-state index contributed by atoms with van der Waals surface area (Å²) in [5.74, 6) is -0.392. The van der Waals surface area contributed by atoms with Crippen molar-refractivity contribution in [1.82, 2.24) is 10.2 Å². The van der Waals surface area contributed by atoms with Gasteiger partial charge in [-0.1, -0.05) is 6.07 Å². The Morgan fingerprint density at radius 2 is 2.30 bits per heavy atom. The molecule has 0 spiro atoms. The van der Waals surface area contributed by atoms with Crippen LogP contribution in [0.1, 0.15) is 30.6 Å². The predicted octanol–water partition coefficient (Wildman–Crippen LogP) is 3.05. The Hall–Kier alpha value is -0.940. The fourth-order valence-corrected chi connectivity index (χ4v) is 3.06. The molecule has 1 aliphatic heterocycles. The molecule has 1 aromatic rings. The van der Waals surface area contributed by atoms with Crippen LogP contribution >= 0.6 is 15.9 Å². The van der Waals surface area contributed by atoms with Gasteiger partial charge in [-0.15, -0.1) is 0 Å². The Balaban J connectivity index is 1.90. The molecular formula is C15H20BrFN2O. The van der Waals surface area contributed by atoms with Crippen LogP contribution in [0.5, 0.6) is 0 Å². The van der Waals surface area contributed by atoms with E-state index < -0.39 is 5.82 Å². The molecular weight excluding hydrogens is 323 g/mol. The summed E-state index contributed by atoms with van der Waals surface area (Å²) >= 11 is 3.22. The molecule has 0 aromatic heterocycles. The van der Waals surface area contributed by atoms with E-state index in [-0.39, 0.29) is 11.5 Å². The quantitative estimate of drug-likeness (QED) is 0.911. The van der Waals surface area contributed by atoms with Crippen LogP contribution in [0.15, 0.2) is 22.7 Å². The average molecular weight is 343 g/mol. The minimum absolute atomic E-state index is 0.0891. The number of carbonyl (C=O) groups excluding carboxylic acids is 1. The summed E-state index contributed by atoms with van der Waals surface area (Å²) < 4.78 is 14.2. The molecule has 1 atom stereocenters. The first-order valence-corrected chi connectivity index (χ1v) is 7.74. The van der Waals surface area contributed by atoms with Gasteiger partial charge in [0, 0.05) is 23.6 Å². The zero-order valence-corrected chi connectivity index (χ0v) is 13.4. The van der Waals surface area contributed by atoms with Gasteiger partial charge in [-0.05, 0) is 60.8 Å². The second-order valence-corrected chi connectivity index (χ2v) is 6.40. The summed E-state index contributed by atoms with van der Waals surface area (Å²) in [6.07, 6.45) is 1.08. The van der Waals surface area contributed by atoms with Crippen LogP contribution in [-0.4, -0.2) is 36.5 Å². The van der Waals surface area contributed by atoms with E-state index in [9.17, 15) is 9.18 Å². The van der Waals surface area contributed by atoms with Gasteiger partial charge in [0.1, 0.15) is 5.82 Å². The van der Waals surface area contributed by atoms with Gasteiger partial charge < -0.3 is 10.2 Å². The molecule has 5 heteroatoms. The Kier molecular flexibility index (Phi) is 5.16. The van der Waals surface area contributed by atoms with Gasteiger partial charge in [-0.2, -0.15) is 0 Å². The fraction of sp³-hybridized carbons (Fsp3) is 0.533. The molecule has 20 heavy (non-hydrogen) atoms. The summed E-state index contributed by atoms with van der Waals surface area (Å²) in [7, 11) is 0. The normalized spacial score (nSPS) is 19.6. The number of carbonyl (C=O) groups is 1. The predicted molar refractivity (Wildman–Crippen MR) is 81.2 cm³/mol. The van der Waals surface area contributed by atoms with Crippen molar-refractivity contribution in [3.05, 3.63) is 34.1 Å². The number of benzene rings is 1. The van der Waals surface area contributed by atoms with Crippen LogP contribution in [0.25, 0.3) is 0 Å². The van der Waals surface area contributed by atoms with Crippen molar-refractivity contribution in [2.75, 3.05) is 19.6 Å². The molecule has 110 valence electrons. The maximum Gasteiger partial charge on any atom is 0.255 e. The lowest BCUT2D eigenvalue weighted by atomic mass is 10.1. The van der Waals surface area contributed by atoms with E-state index in [0.717, 1.165) is 19.5 Å². The maximum atomic E-state index is 13.7. The minimum atomic E-state index is -0.493. The van der Waals surface area contributed by atoms with E-state index in [1.165, 1.54) is 6.07 Å². The van der Waals surface area contributed by atoms with Crippen molar-refractivity contribution < 1.29 is 9.18 Å². The fourth-order valence-electron chi connectivity index (χ4n) is 2.54. The van der Waals surface area contributed by atoms with Crippen molar-refractivity contribution >= 4 is 21.8 Å². The van der Waals surface area contributed by atoms with Gasteiger partial charge in [0.15, 0.2) is 0 Å². The summed E-state index contributed by atoms with van der Waals surface area (Å²) in [4.78, 5) is 14.5. The van der Waals surface area contributed by atoms with Crippen LogP contribution < -0.4 is 5.32 Å². The Morgan fingerprint density at radius 1 is 1.55 bits per heavy atom. The molecule has 0 saturated carbocycles. The lowest BCUT2D eigenvalue weighted by Gasteiger charge is -2.20. The van der Waals surface area contributed by atoms with Gasteiger partial charge >= 0.3 is 0 Å². The number of rotatable bonds is 4. The van der Waals surface area contributed by atoms with Gasteiger partial charge in [0.2, 0.25) is 0 Å². The number of nitrogens with one attached hydrogen (secondary N) is 1. The summed E-state index contributed by atoms with van der Waals surface area (Å²) in [5, 5.41) is 2.85. The Bertz CT molecular complexity index is 473. The van der Waals surface area contributed by atoms with Crippen molar-refractivity contribution in [2.45, 2.75) is 26.3 Å². The second-order valence-electron chi connectivity index (χ2n) is 5.55. The number of hydrogen-bond donors (Lipinski definition) is 1. The molecule has 1 aromatic carbocycles. The third kappa shape index (κ3) is 3.58. The van der Waals surface area contributed by atoms with Crippen molar-refractivity contribution in [3.8, 4) is 0 Å². The largest absolute Gasteiger partial charge is 0.352 e. The third-order valence-corrected chi connectivity index (χ3v) is 4.45. The van der Waals surface area contributed by atoms with Crippen LogP contribution in [0.4, 0.5) is 4.39 Å². The van der Waals surface area contributed by atoms with Crippen molar-refractivity contribution in [3.63, 3.8) is 0 Å². The lowest BCUT2D eigenvalue weighted by Crippen LogP contribution is -2.33. The Labute approximate surface area is 127 Å². The lowest BCUT2D eigenvalue weighted by molar-refractivity contribution is 0.0942. The highest BCUT2D eigenvalue weighted by molar-refractivity contribution is 9.10. The first-order valence-electron chi connectivity index (χ1n) is 6.95. The van der Waals surface area contributed by atoms with Crippen molar-refractivity contribution in [1.29, 1.82) is 0 Å². The van der Waals surface area contributed by atoms with Crippen molar-refractivity contribution in [2.24, 2.45) is 5.92 Å². The number of likely N-dealkylation sites (tertiary alicyclic amines) is 1. The van der Waals surface area contributed by atoms with Gasteiger partial charge in [-0.25, -0.2) is 4.39 Å². The molecule has 1 amide bonds. The minimum Gasteiger partial charge on any atom is -0.352 e. The van der Waals surface area contributed by atoms with Crippen LogP contribution in [0.2, 0.25) is 0 Å². The zero-order valence-electron chi connectivity index (χ0n) is 11.8. The molecule has 1 N–H and O–H groups in total. The van der Waals surface area contributed by atoms with E-state index in [1.54, 1.807) is 12.1 Å². The zero-order chi connectivity index (χ0) is 14.7. The van der Waals surface area contributed by atoms with E-state index in [2.05, 4.69) is 40.0 Å². The van der Waals surface area contributed by atoms with E-state index in [1.807, 2.05) is 0 Å². The molecule has 1 aliphatic rings. The first-order chi connectivity index (χ1) is 9.49. The summed E-state index contributed by atoms with van der Waals surface area (Å²) in [5.41, 5.74) is 0.0891. The average Bonchev–Trinajstić information content (AvgIpc) is 2.85. The van der Waals surface area contributed by atoms with Gasteiger partial charge in [-0.3, -0.25) is 4.79 Å². The van der Waals surface area contributed by atoms with E-state index >= 15 is 0 Å². The van der Waals surface area contributed by atoms with Gasteiger partial charge in [0.05, 0.1) is 5.56 Å². The van der Waals surface area contributed by atoms with E-state index in [0.29, 0.717) is 23.0 Å². The smallest absolute Gasteiger partial charge is 0.255 e. The third-order valence-electron chi connectivity index (χ3n) is 3.79. The Morgan fingerprint density at radius 3 is 2.90 bits per heavy atom. The molecule has 0 radical (unpaired) electrons. The SMILES string of the molecule is CC(C)N1CCC(CNC(=O)c2c(F)cccc2Br)C1. The molecule has 1 unspecified atom stereocenters. The van der Waals surface area contributed by atoms with Crippen LogP contribution in [-0.2, 0) is 0 Å². The highest BCUT2D eigenvalue weighted by Crippen LogP contribution is 2.21. The monoisotopic (exact) mass is 342 g/mol. The molecule has 2 rings (SSSR count). The molecule has 1 saturated heterocycles. The molecule has 0 aliphatic carbocycles. The second kappa shape index (κ2) is 6.68. The van der Waals surface area contributed by atoms with Crippen LogP contribution in [0, 0.1) is 11.7 Å². The number of nitrogens with zero attached hydrogens (tertiary/aromatic N) is 1. The standard InChI is InChI=1S/C15H20BrFN2O/c1-10(2)19-7-6-11(9-19)8-18-15(20)14-12(16)4-3-5-13(14)17/h3-5,10-11H,6-9H2,1-2H3,(H,18,20). The first kappa shape index (κ1) is 15.4. The molecule has 3 nitrogen and oxygen atoms in total. The highest BCUT2D eigenvalue weighted by Gasteiger charge is 2.25. The maximum absolute atomic E-state index is 13.7. The number of hydrogen-bond acceptors (Lipinski definition) is 2. The highest BCUT2D eigenvalue weighted by atomic mass is 79.9. The molecule has 1 fully saturated rings. The number of amides is 1. The van der Waals surface area contributed by atoms with Gasteiger partial charge in [0.25, 0.3) is 5.91 Å². The topological polar surface area (TPSA) is 32.3 Å². The molecule has 0 bridgehead atoms. The summed E-state index contributed by atoms with van der Waals surface area (Å²) in [6.45, 7) is 7.02. The molecule has 1 heterocycles. The van der Waals surface area contributed by atoms with E-state index in [4.69, 9.17) is 0 Å². The number of halogens is 2. The summed E-state index contributed by atoms with van der Waals surface area (Å²) in [6, 6.07) is 5.09.